The third-order valence-electron chi connectivity index (χ3n) is 2.90. The summed E-state index contributed by atoms with van der Waals surface area (Å²) in [5, 5.41) is 4.28. The molecule has 120 valence electrons. The van der Waals surface area contributed by atoms with E-state index >= 15 is 0 Å². The molecule has 0 bridgehead atoms. The minimum Gasteiger partial charge on any atom is -0.396 e. The Morgan fingerprint density at radius 1 is 1.27 bits per heavy atom. The van der Waals surface area contributed by atoms with E-state index in [9.17, 15) is 8.96 Å². The molecule has 0 saturated heterocycles. The van der Waals surface area contributed by atoms with Crippen LogP contribution in [0.5, 0.6) is 0 Å². The van der Waals surface area contributed by atoms with Crippen molar-refractivity contribution < 1.29 is 18.0 Å². The van der Waals surface area contributed by atoms with Crippen LogP contribution >= 0.6 is 7.60 Å². The Labute approximate surface area is 128 Å². The molecule has 0 aliphatic rings. The number of nitrogens with zero attached hydrogens (tertiary/aromatic N) is 2. The molecule has 0 spiro atoms. The molecule has 1 heterocycles. The van der Waals surface area contributed by atoms with Gasteiger partial charge in [-0.25, -0.2) is 9.07 Å². The Bertz CT molecular complexity index is 680. The van der Waals surface area contributed by atoms with Crippen LogP contribution in [0.15, 0.2) is 30.5 Å². The average Bonchev–Trinajstić information content (AvgIpc) is 2.90. The summed E-state index contributed by atoms with van der Waals surface area (Å²) in [5.74, 6) is -0.510. The fraction of sp³-hybridized carbons (Fsp3) is 0.357. The molecular weight excluding hydrogens is 308 g/mol. The number of benzene rings is 1. The van der Waals surface area contributed by atoms with Crippen LogP contribution in [-0.2, 0) is 19.8 Å². The van der Waals surface area contributed by atoms with Gasteiger partial charge in [-0.15, -0.1) is 0 Å². The van der Waals surface area contributed by atoms with Gasteiger partial charge in [0.2, 0.25) is 0 Å². The first-order chi connectivity index (χ1) is 10.5. The summed E-state index contributed by atoms with van der Waals surface area (Å²) in [6.45, 7) is 4.09. The fourth-order valence-electron chi connectivity index (χ4n) is 1.97. The first kappa shape index (κ1) is 16.7. The van der Waals surface area contributed by atoms with Crippen molar-refractivity contribution in [2.75, 3.05) is 18.9 Å². The zero-order valence-corrected chi connectivity index (χ0v) is 13.4. The van der Waals surface area contributed by atoms with Gasteiger partial charge in [-0.1, -0.05) is 0 Å². The van der Waals surface area contributed by atoms with Gasteiger partial charge in [-0.3, -0.25) is 4.57 Å². The number of aromatic nitrogens is 2. The second kappa shape index (κ2) is 7.05. The van der Waals surface area contributed by atoms with E-state index in [1.165, 1.54) is 16.8 Å². The molecule has 0 fully saturated rings. The molecule has 1 aromatic heterocycles. The van der Waals surface area contributed by atoms with Crippen molar-refractivity contribution in [1.82, 2.24) is 9.78 Å². The highest BCUT2D eigenvalue weighted by molar-refractivity contribution is 7.53. The summed E-state index contributed by atoms with van der Waals surface area (Å²) >= 11 is 0. The van der Waals surface area contributed by atoms with Crippen LogP contribution in [0, 0.1) is 5.82 Å². The maximum Gasteiger partial charge on any atom is 0.336 e. The molecule has 0 aliphatic carbocycles. The highest BCUT2D eigenvalue weighted by Gasteiger charge is 2.25. The first-order valence-electron chi connectivity index (χ1n) is 6.95. The van der Waals surface area contributed by atoms with Crippen molar-refractivity contribution in [1.29, 1.82) is 0 Å². The molecule has 0 radical (unpaired) electrons. The normalized spacial score (nSPS) is 11.8. The zero-order valence-electron chi connectivity index (χ0n) is 12.5. The summed E-state index contributed by atoms with van der Waals surface area (Å²) < 4.78 is 37.9. The van der Waals surface area contributed by atoms with Crippen LogP contribution in [0.1, 0.15) is 19.5 Å². The quantitative estimate of drug-likeness (QED) is 0.623. The first-order valence-corrected chi connectivity index (χ1v) is 8.68. The number of halogens is 1. The maximum atomic E-state index is 13.5. The SMILES string of the molecule is CCOP(=O)(Cc1ccn(-c2ccc(N)c(F)c2)n1)OCC. The lowest BCUT2D eigenvalue weighted by molar-refractivity contribution is 0.219. The minimum absolute atomic E-state index is 0.0686. The highest BCUT2D eigenvalue weighted by Crippen LogP contribution is 2.50. The fourth-order valence-corrected chi connectivity index (χ4v) is 3.58. The van der Waals surface area contributed by atoms with Gasteiger partial charge >= 0.3 is 7.60 Å². The van der Waals surface area contributed by atoms with Gasteiger partial charge < -0.3 is 14.8 Å². The van der Waals surface area contributed by atoms with Crippen molar-refractivity contribution in [2.24, 2.45) is 0 Å². The molecule has 0 aliphatic heterocycles. The molecule has 0 atom stereocenters. The van der Waals surface area contributed by atoms with Gasteiger partial charge in [-0.2, -0.15) is 5.10 Å². The van der Waals surface area contributed by atoms with E-state index in [2.05, 4.69) is 5.10 Å². The van der Waals surface area contributed by atoms with Gasteiger partial charge in [-0.05, 0) is 32.0 Å². The summed E-state index contributed by atoms with van der Waals surface area (Å²) in [6, 6.07) is 6.10. The van der Waals surface area contributed by atoms with Crippen LogP contribution in [0.4, 0.5) is 10.1 Å². The van der Waals surface area contributed by atoms with Crippen molar-refractivity contribution in [3.8, 4) is 5.69 Å². The highest BCUT2D eigenvalue weighted by atomic mass is 31.2. The van der Waals surface area contributed by atoms with Gasteiger partial charge in [0.1, 0.15) is 5.82 Å². The maximum absolute atomic E-state index is 13.5. The largest absolute Gasteiger partial charge is 0.396 e. The number of rotatable bonds is 7. The van der Waals surface area contributed by atoms with Crippen molar-refractivity contribution in [3.63, 3.8) is 0 Å². The lowest BCUT2D eigenvalue weighted by atomic mass is 10.3. The molecule has 8 heteroatoms. The molecule has 0 saturated carbocycles. The summed E-state index contributed by atoms with van der Waals surface area (Å²) in [6.07, 6.45) is 1.72. The number of hydrogen-bond donors (Lipinski definition) is 1. The molecule has 2 N–H and O–H groups in total. The number of hydrogen-bond acceptors (Lipinski definition) is 5. The van der Waals surface area contributed by atoms with Crippen molar-refractivity contribution in [3.05, 3.63) is 42.0 Å². The Balaban J connectivity index is 2.20. The monoisotopic (exact) mass is 327 g/mol. The van der Waals surface area contributed by atoms with Gasteiger partial charge in [0.15, 0.2) is 0 Å². The lowest BCUT2D eigenvalue weighted by Gasteiger charge is -2.15. The van der Waals surface area contributed by atoms with E-state index in [4.69, 9.17) is 14.8 Å². The molecular formula is C14H19FN3O3P. The average molecular weight is 327 g/mol. The molecule has 2 rings (SSSR count). The van der Waals surface area contributed by atoms with E-state index in [0.29, 0.717) is 24.6 Å². The van der Waals surface area contributed by atoms with Crippen LogP contribution < -0.4 is 5.73 Å². The summed E-state index contributed by atoms with van der Waals surface area (Å²) in [5.41, 5.74) is 6.60. The Morgan fingerprint density at radius 3 is 2.55 bits per heavy atom. The molecule has 2 aromatic rings. The van der Waals surface area contributed by atoms with Crippen molar-refractivity contribution in [2.45, 2.75) is 20.0 Å². The van der Waals surface area contributed by atoms with E-state index in [0.717, 1.165) is 0 Å². The second-order valence-corrected chi connectivity index (χ2v) is 6.62. The Hall–Kier alpha value is -1.69. The molecule has 0 amide bonds. The smallest absolute Gasteiger partial charge is 0.336 e. The predicted octanol–water partition coefficient (Wildman–Crippen LogP) is 3.36. The van der Waals surface area contributed by atoms with Crippen LogP contribution in [0.2, 0.25) is 0 Å². The van der Waals surface area contributed by atoms with E-state index in [-0.39, 0.29) is 11.8 Å². The zero-order chi connectivity index (χ0) is 16.2. The third kappa shape index (κ3) is 3.94. The van der Waals surface area contributed by atoms with Gasteiger partial charge in [0, 0.05) is 12.3 Å². The third-order valence-corrected chi connectivity index (χ3v) is 4.91. The molecule has 1 aromatic carbocycles. The standard InChI is InChI=1S/C14H19FN3O3P/c1-3-20-22(19,21-4-2)10-11-7-8-18(17-11)12-5-6-14(16)13(15)9-12/h5-9H,3-4,10,16H2,1-2H3. The van der Waals surface area contributed by atoms with Gasteiger partial charge in [0.25, 0.3) is 0 Å². The van der Waals surface area contributed by atoms with Crippen LogP contribution in [-0.4, -0.2) is 23.0 Å². The second-order valence-electron chi connectivity index (χ2n) is 4.56. The van der Waals surface area contributed by atoms with Crippen LogP contribution in [0.25, 0.3) is 5.69 Å². The van der Waals surface area contributed by atoms with E-state index in [1.807, 2.05) is 0 Å². The predicted molar refractivity (Wildman–Crippen MR) is 82.5 cm³/mol. The van der Waals surface area contributed by atoms with E-state index < -0.39 is 13.4 Å². The number of nitrogen functional groups attached to an aromatic ring is 1. The molecule has 0 unspecified atom stereocenters. The van der Waals surface area contributed by atoms with E-state index in [1.54, 1.807) is 32.2 Å². The number of nitrogens with two attached hydrogens (primary N) is 1. The van der Waals surface area contributed by atoms with Gasteiger partial charge in [0.05, 0.1) is 36.4 Å². The van der Waals surface area contributed by atoms with Crippen LogP contribution in [0.3, 0.4) is 0 Å². The Morgan fingerprint density at radius 2 is 1.95 bits per heavy atom. The number of anilines is 1. The summed E-state index contributed by atoms with van der Waals surface area (Å²) in [4.78, 5) is 0. The summed E-state index contributed by atoms with van der Waals surface area (Å²) in [7, 11) is -3.21. The molecule has 6 nitrogen and oxygen atoms in total. The van der Waals surface area contributed by atoms with Crippen molar-refractivity contribution >= 4 is 13.3 Å². The minimum atomic E-state index is -3.21. The topological polar surface area (TPSA) is 79.4 Å². The molecule has 22 heavy (non-hydrogen) atoms. The lowest BCUT2D eigenvalue weighted by Crippen LogP contribution is -2.02. The Kier molecular flexibility index (Phi) is 5.34.